The van der Waals surface area contributed by atoms with Gasteiger partial charge in [-0.1, -0.05) is 19.8 Å². The van der Waals surface area contributed by atoms with E-state index in [1.165, 1.54) is 31.0 Å². The smallest absolute Gasteiger partial charge is 0.278 e. The van der Waals surface area contributed by atoms with Gasteiger partial charge < -0.3 is 11.1 Å². The predicted octanol–water partition coefficient (Wildman–Crippen LogP) is 2.07. The monoisotopic (exact) mass is 202 g/mol. The average Bonchev–Trinajstić information content (AvgIpc) is 2.30. The summed E-state index contributed by atoms with van der Waals surface area (Å²) in [4.78, 5) is 10.8. The molecule has 0 bridgehead atoms. The zero-order valence-electron chi connectivity index (χ0n) is 8.14. The molecule has 1 aliphatic heterocycles. The van der Waals surface area contributed by atoms with Gasteiger partial charge in [0, 0.05) is 0 Å². The quantitative estimate of drug-likeness (QED) is 0.720. The molecule has 0 aromatic heterocycles. The van der Waals surface area contributed by atoms with Gasteiger partial charge in [-0.3, -0.25) is 4.79 Å². The average molecular weight is 202 g/mol. The lowest BCUT2D eigenvalue weighted by Crippen LogP contribution is -2.42. The van der Waals surface area contributed by atoms with E-state index in [0.717, 1.165) is 19.4 Å². The Balaban J connectivity index is 2.58. The van der Waals surface area contributed by atoms with Crippen molar-refractivity contribution >= 4 is 17.0 Å². The molecule has 1 fully saturated rings. The Kier molecular flexibility index (Phi) is 4.06. The molecule has 1 rings (SSSR count). The maximum atomic E-state index is 10.9. The molecule has 1 aliphatic rings. The molecule has 0 radical (unpaired) electrons. The van der Waals surface area contributed by atoms with Crippen molar-refractivity contribution in [1.82, 2.24) is 5.32 Å². The first kappa shape index (κ1) is 10.9. The summed E-state index contributed by atoms with van der Waals surface area (Å²) in [5.41, 5.74) is 5.22. The Hall–Kier alpha value is -0.220. The molecule has 1 saturated heterocycles. The second-order valence-corrected chi connectivity index (χ2v) is 4.89. The van der Waals surface area contributed by atoms with Gasteiger partial charge in [-0.15, -0.1) is 0 Å². The van der Waals surface area contributed by atoms with Crippen LogP contribution in [0.3, 0.4) is 0 Å². The minimum atomic E-state index is -0.267. The molecule has 3 nitrogen and oxygen atoms in total. The van der Waals surface area contributed by atoms with Crippen LogP contribution in [-0.2, 0) is 0 Å². The number of hydrogen-bond acceptors (Lipinski definition) is 3. The lowest BCUT2D eigenvalue weighted by Gasteiger charge is -2.30. The summed E-state index contributed by atoms with van der Waals surface area (Å²) in [6.45, 7) is 3.11. The number of carbonyl (C=O) groups is 1. The van der Waals surface area contributed by atoms with Crippen molar-refractivity contribution in [1.29, 1.82) is 0 Å². The number of amides is 1. The van der Waals surface area contributed by atoms with Crippen molar-refractivity contribution in [3.8, 4) is 0 Å². The second kappa shape index (κ2) is 4.86. The summed E-state index contributed by atoms with van der Waals surface area (Å²) in [6, 6.07) is 0. The highest BCUT2D eigenvalue weighted by atomic mass is 32.2. The first-order valence-corrected chi connectivity index (χ1v) is 5.74. The molecule has 76 valence electrons. The molecule has 4 heteroatoms. The van der Waals surface area contributed by atoms with Gasteiger partial charge >= 0.3 is 0 Å². The summed E-state index contributed by atoms with van der Waals surface area (Å²) in [5.74, 6) is 0. The fourth-order valence-electron chi connectivity index (χ4n) is 1.77. The largest absolute Gasteiger partial charge is 0.360 e. The standard InChI is InChI=1S/C9H18N2OS/c1-2-9(13-8(10)12)6-4-3-5-7-11-9/h11H,2-7H2,1H3,(H2,10,12). The molecule has 0 saturated carbocycles. The number of thioether (sulfide) groups is 1. The molecule has 1 unspecified atom stereocenters. The van der Waals surface area contributed by atoms with Crippen molar-refractivity contribution in [2.45, 2.75) is 43.9 Å². The first-order valence-electron chi connectivity index (χ1n) is 4.92. The maximum Gasteiger partial charge on any atom is 0.278 e. The molecule has 0 spiro atoms. The summed E-state index contributed by atoms with van der Waals surface area (Å²) in [5, 5.41) is 3.17. The van der Waals surface area contributed by atoms with Gasteiger partial charge in [0.15, 0.2) is 0 Å². The molecule has 0 aliphatic carbocycles. The minimum Gasteiger partial charge on any atom is -0.360 e. The van der Waals surface area contributed by atoms with E-state index in [0.29, 0.717) is 0 Å². The van der Waals surface area contributed by atoms with E-state index >= 15 is 0 Å². The normalized spacial score (nSPS) is 29.6. The third kappa shape index (κ3) is 3.19. The Morgan fingerprint density at radius 3 is 2.92 bits per heavy atom. The second-order valence-electron chi connectivity index (χ2n) is 3.51. The molecule has 3 N–H and O–H groups in total. The van der Waals surface area contributed by atoms with Gasteiger partial charge in [0.2, 0.25) is 0 Å². The van der Waals surface area contributed by atoms with Crippen LogP contribution < -0.4 is 11.1 Å². The Labute approximate surface area is 83.8 Å². The number of carbonyl (C=O) groups excluding carboxylic acids is 1. The lowest BCUT2D eigenvalue weighted by atomic mass is 10.1. The van der Waals surface area contributed by atoms with Gasteiger partial charge in [0.25, 0.3) is 5.24 Å². The number of rotatable bonds is 2. The number of nitrogens with one attached hydrogen (secondary N) is 1. The maximum absolute atomic E-state index is 10.9. The topological polar surface area (TPSA) is 55.1 Å². The summed E-state index contributed by atoms with van der Waals surface area (Å²) in [7, 11) is 0. The summed E-state index contributed by atoms with van der Waals surface area (Å²) >= 11 is 1.26. The zero-order chi connectivity index (χ0) is 9.73. The minimum absolute atomic E-state index is 0.0810. The molecule has 1 heterocycles. The third-order valence-electron chi connectivity index (χ3n) is 2.57. The van der Waals surface area contributed by atoms with E-state index in [4.69, 9.17) is 5.73 Å². The molecule has 0 aromatic carbocycles. The van der Waals surface area contributed by atoms with Crippen LogP contribution in [0.1, 0.15) is 39.0 Å². The SMILES string of the molecule is CCC1(SC(N)=O)CCCCCN1. The van der Waals surface area contributed by atoms with E-state index in [-0.39, 0.29) is 10.1 Å². The van der Waals surface area contributed by atoms with Crippen LogP contribution in [-0.4, -0.2) is 16.7 Å². The van der Waals surface area contributed by atoms with Crippen LogP contribution in [0.2, 0.25) is 0 Å². The molecule has 13 heavy (non-hydrogen) atoms. The highest BCUT2D eigenvalue weighted by Crippen LogP contribution is 2.33. The summed E-state index contributed by atoms with van der Waals surface area (Å²) < 4.78 is 0. The first-order chi connectivity index (χ1) is 6.18. The predicted molar refractivity (Wildman–Crippen MR) is 56.7 cm³/mol. The van der Waals surface area contributed by atoms with E-state index < -0.39 is 0 Å². The van der Waals surface area contributed by atoms with Gasteiger partial charge in [0.05, 0.1) is 4.87 Å². The van der Waals surface area contributed by atoms with Gasteiger partial charge in [-0.25, -0.2) is 0 Å². The number of hydrogen-bond donors (Lipinski definition) is 2. The zero-order valence-corrected chi connectivity index (χ0v) is 8.95. The van der Waals surface area contributed by atoms with Crippen LogP contribution in [0.4, 0.5) is 4.79 Å². The number of nitrogens with two attached hydrogens (primary N) is 1. The highest BCUT2D eigenvalue weighted by Gasteiger charge is 2.31. The number of primary amides is 1. The molecule has 0 aromatic rings. The highest BCUT2D eigenvalue weighted by molar-refractivity contribution is 8.14. The molecular weight excluding hydrogens is 184 g/mol. The van der Waals surface area contributed by atoms with Gasteiger partial charge in [-0.2, -0.15) is 0 Å². The van der Waals surface area contributed by atoms with Crippen LogP contribution in [0, 0.1) is 0 Å². The van der Waals surface area contributed by atoms with Crippen LogP contribution in [0.15, 0.2) is 0 Å². The van der Waals surface area contributed by atoms with Gasteiger partial charge in [0.1, 0.15) is 0 Å². The third-order valence-corrected chi connectivity index (χ3v) is 3.80. The van der Waals surface area contributed by atoms with Crippen molar-refractivity contribution in [3.63, 3.8) is 0 Å². The Morgan fingerprint density at radius 1 is 1.54 bits per heavy atom. The molecular formula is C9H18N2OS. The summed E-state index contributed by atoms with van der Waals surface area (Å²) in [6.07, 6.45) is 5.67. The van der Waals surface area contributed by atoms with Crippen LogP contribution in [0.25, 0.3) is 0 Å². The lowest BCUT2D eigenvalue weighted by molar-refractivity contribution is 0.266. The molecule has 1 atom stereocenters. The Morgan fingerprint density at radius 2 is 2.31 bits per heavy atom. The van der Waals surface area contributed by atoms with Crippen LogP contribution >= 0.6 is 11.8 Å². The van der Waals surface area contributed by atoms with E-state index in [1.54, 1.807) is 0 Å². The van der Waals surface area contributed by atoms with E-state index in [9.17, 15) is 4.79 Å². The molecule has 1 amide bonds. The van der Waals surface area contributed by atoms with E-state index in [2.05, 4.69) is 12.2 Å². The van der Waals surface area contributed by atoms with Gasteiger partial charge in [-0.05, 0) is 37.6 Å². The van der Waals surface area contributed by atoms with Crippen molar-refractivity contribution < 1.29 is 4.79 Å². The fourth-order valence-corrected chi connectivity index (χ4v) is 2.72. The van der Waals surface area contributed by atoms with E-state index in [1.807, 2.05) is 0 Å². The fraction of sp³-hybridized carbons (Fsp3) is 0.889. The van der Waals surface area contributed by atoms with Crippen molar-refractivity contribution in [3.05, 3.63) is 0 Å². The van der Waals surface area contributed by atoms with Crippen LogP contribution in [0.5, 0.6) is 0 Å². The Bertz CT molecular complexity index is 176. The van der Waals surface area contributed by atoms with Crippen molar-refractivity contribution in [2.24, 2.45) is 5.73 Å². The van der Waals surface area contributed by atoms with Crippen molar-refractivity contribution in [2.75, 3.05) is 6.54 Å².